The molecule has 0 saturated heterocycles. The molecule has 0 saturated carbocycles. The van der Waals surface area contributed by atoms with Crippen molar-refractivity contribution < 1.29 is 28.5 Å². The molecular formula is C32H46N4O6. The number of aryl methyl sites for hydroxylation is 2. The zero-order valence-corrected chi connectivity index (χ0v) is 25.5. The van der Waals surface area contributed by atoms with Gasteiger partial charge in [-0.05, 0) is 74.0 Å². The van der Waals surface area contributed by atoms with Crippen molar-refractivity contribution in [1.29, 1.82) is 5.26 Å². The molecule has 0 fully saturated rings. The minimum atomic E-state index is -0.0282. The second kappa shape index (κ2) is 20.0. The van der Waals surface area contributed by atoms with E-state index >= 15 is 0 Å². The van der Waals surface area contributed by atoms with Gasteiger partial charge in [0.2, 0.25) is 11.8 Å². The van der Waals surface area contributed by atoms with Crippen LogP contribution in [0.3, 0.4) is 0 Å². The van der Waals surface area contributed by atoms with E-state index in [1.165, 1.54) is 0 Å². The topological polar surface area (TPSA) is 122 Å². The van der Waals surface area contributed by atoms with Crippen LogP contribution in [0.5, 0.6) is 23.0 Å². The number of amides is 2. The fourth-order valence-electron chi connectivity index (χ4n) is 4.51. The zero-order chi connectivity index (χ0) is 30.6. The Labute approximate surface area is 250 Å². The molecule has 0 aromatic heterocycles. The highest BCUT2D eigenvalue weighted by molar-refractivity contribution is 5.77. The Kier molecular flexibility index (Phi) is 16.3. The van der Waals surface area contributed by atoms with Crippen LogP contribution in [0.1, 0.15) is 49.7 Å². The van der Waals surface area contributed by atoms with E-state index in [1.54, 1.807) is 28.4 Å². The van der Waals surface area contributed by atoms with E-state index in [0.29, 0.717) is 87.7 Å². The number of methoxy groups -OCH3 is 4. The minimum absolute atomic E-state index is 0.0282. The Morgan fingerprint density at radius 1 is 0.738 bits per heavy atom. The molecule has 2 amide bonds. The van der Waals surface area contributed by atoms with Crippen molar-refractivity contribution in [1.82, 2.24) is 15.5 Å². The third kappa shape index (κ3) is 12.3. The summed E-state index contributed by atoms with van der Waals surface area (Å²) in [5.74, 6) is 2.66. The van der Waals surface area contributed by atoms with Crippen LogP contribution in [0.25, 0.3) is 0 Å². The summed E-state index contributed by atoms with van der Waals surface area (Å²) in [5, 5.41) is 14.9. The van der Waals surface area contributed by atoms with Gasteiger partial charge in [-0.2, -0.15) is 5.26 Å². The lowest BCUT2D eigenvalue weighted by Gasteiger charge is -2.23. The lowest BCUT2D eigenvalue weighted by Crippen LogP contribution is -2.35. The highest BCUT2D eigenvalue weighted by atomic mass is 16.5. The molecule has 0 aliphatic carbocycles. The Morgan fingerprint density at radius 3 is 1.88 bits per heavy atom. The first kappa shape index (κ1) is 34.2. The molecule has 0 atom stereocenters. The van der Waals surface area contributed by atoms with E-state index in [2.05, 4.69) is 16.7 Å². The molecule has 0 spiro atoms. The maximum absolute atomic E-state index is 13.2. The predicted octanol–water partition coefficient (Wildman–Crippen LogP) is 3.90. The number of nitrogens with one attached hydrogen (secondary N) is 2. The molecule has 2 aromatic carbocycles. The molecule has 2 rings (SSSR count). The van der Waals surface area contributed by atoms with Crippen LogP contribution in [0.2, 0.25) is 0 Å². The zero-order valence-electron chi connectivity index (χ0n) is 25.5. The van der Waals surface area contributed by atoms with Crippen molar-refractivity contribution in [2.45, 2.75) is 51.4 Å². The highest BCUT2D eigenvalue weighted by Crippen LogP contribution is 2.29. The number of unbranched alkanes of at least 4 members (excludes halogenated alkanes) is 1. The average Bonchev–Trinajstić information content (AvgIpc) is 3.02. The number of nitrogens with zero attached hydrogens (tertiary/aromatic N) is 2. The van der Waals surface area contributed by atoms with Crippen LogP contribution in [-0.4, -0.2) is 77.9 Å². The molecule has 10 heteroatoms. The van der Waals surface area contributed by atoms with E-state index in [4.69, 9.17) is 24.2 Å². The average molecular weight is 583 g/mol. The van der Waals surface area contributed by atoms with E-state index < -0.39 is 0 Å². The van der Waals surface area contributed by atoms with Crippen molar-refractivity contribution >= 4 is 11.8 Å². The van der Waals surface area contributed by atoms with Crippen LogP contribution >= 0.6 is 0 Å². The van der Waals surface area contributed by atoms with Crippen molar-refractivity contribution in [2.75, 3.05) is 61.2 Å². The summed E-state index contributed by atoms with van der Waals surface area (Å²) in [6.45, 7) is 3.21. The summed E-state index contributed by atoms with van der Waals surface area (Å²) < 4.78 is 21.3. The molecule has 230 valence electrons. The van der Waals surface area contributed by atoms with Gasteiger partial charge in [-0.25, -0.2) is 0 Å². The van der Waals surface area contributed by atoms with Crippen LogP contribution in [0.4, 0.5) is 0 Å². The van der Waals surface area contributed by atoms with Crippen LogP contribution in [-0.2, 0) is 22.4 Å². The summed E-state index contributed by atoms with van der Waals surface area (Å²) >= 11 is 0. The molecular weight excluding hydrogens is 536 g/mol. The normalized spacial score (nSPS) is 10.5. The van der Waals surface area contributed by atoms with Gasteiger partial charge >= 0.3 is 0 Å². The number of carbonyl (C=O) groups excluding carboxylic acids is 2. The Balaban J connectivity index is 1.83. The Morgan fingerprint density at radius 2 is 1.31 bits per heavy atom. The van der Waals surface area contributed by atoms with Crippen LogP contribution in [0, 0.1) is 11.3 Å². The molecule has 0 radical (unpaired) electrons. The molecule has 2 aromatic rings. The van der Waals surface area contributed by atoms with E-state index in [1.807, 2.05) is 41.3 Å². The fourth-order valence-corrected chi connectivity index (χ4v) is 4.51. The number of rotatable bonds is 21. The van der Waals surface area contributed by atoms with Gasteiger partial charge in [-0.1, -0.05) is 12.1 Å². The molecule has 0 aliphatic heterocycles. The van der Waals surface area contributed by atoms with Crippen LogP contribution < -0.4 is 29.6 Å². The maximum atomic E-state index is 13.2. The first-order chi connectivity index (χ1) is 20.4. The molecule has 0 bridgehead atoms. The second-order valence-electron chi connectivity index (χ2n) is 9.83. The van der Waals surface area contributed by atoms with Gasteiger partial charge in [0.15, 0.2) is 23.0 Å². The summed E-state index contributed by atoms with van der Waals surface area (Å²) in [6.07, 6.45) is 4.87. The minimum Gasteiger partial charge on any atom is -0.493 e. The largest absolute Gasteiger partial charge is 0.493 e. The van der Waals surface area contributed by atoms with Gasteiger partial charge in [-0.3, -0.25) is 9.59 Å². The van der Waals surface area contributed by atoms with Gasteiger partial charge in [0.1, 0.15) is 0 Å². The molecule has 2 N–H and O–H groups in total. The number of benzene rings is 2. The van der Waals surface area contributed by atoms with Crippen LogP contribution in [0.15, 0.2) is 36.4 Å². The quantitative estimate of drug-likeness (QED) is 0.213. The summed E-state index contributed by atoms with van der Waals surface area (Å²) in [4.78, 5) is 27.5. The predicted molar refractivity (Wildman–Crippen MR) is 162 cm³/mol. The number of carbonyl (C=O) groups is 2. The van der Waals surface area contributed by atoms with Crippen molar-refractivity contribution in [3.8, 4) is 29.1 Å². The Hall–Kier alpha value is -3.97. The molecule has 0 heterocycles. The van der Waals surface area contributed by atoms with E-state index in [-0.39, 0.29) is 11.8 Å². The lowest BCUT2D eigenvalue weighted by atomic mass is 10.1. The van der Waals surface area contributed by atoms with Gasteiger partial charge in [0.05, 0.1) is 34.5 Å². The molecule has 10 nitrogen and oxygen atoms in total. The van der Waals surface area contributed by atoms with Crippen molar-refractivity contribution in [3.05, 3.63) is 47.5 Å². The van der Waals surface area contributed by atoms with Gasteiger partial charge in [-0.15, -0.1) is 0 Å². The van der Waals surface area contributed by atoms with Gasteiger partial charge in [0.25, 0.3) is 0 Å². The third-order valence-electron chi connectivity index (χ3n) is 6.89. The molecule has 42 heavy (non-hydrogen) atoms. The number of ether oxygens (including phenoxy) is 4. The second-order valence-corrected chi connectivity index (χ2v) is 9.83. The molecule has 0 unspecified atom stereocenters. The summed E-state index contributed by atoms with van der Waals surface area (Å²) in [7, 11) is 6.37. The standard InChI is InChI=1S/C32H46N4O6/c1-39-27-13-9-25(23-29(27)41-3)11-15-31(37)35-20-8-22-36(21-6-5-18-34-19-7-17-33)32(38)16-12-26-10-14-28(40-2)30(24-26)42-4/h9-10,13-14,23-24,34H,5-8,11-12,15-16,18-22H2,1-4H3,(H,35,37). The monoisotopic (exact) mass is 582 g/mol. The Bertz CT molecular complexity index is 1150. The fraction of sp³-hybridized carbons (Fsp3) is 0.531. The van der Waals surface area contributed by atoms with Gasteiger partial charge in [0, 0.05) is 45.4 Å². The smallest absolute Gasteiger partial charge is 0.222 e. The van der Waals surface area contributed by atoms with E-state index in [9.17, 15) is 9.59 Å². The highest BCUT2D eigenvalue weighted by Gasteiger charge is 2.15. The maximum Gasteiger partial charge on any atom is 0.222 e. The number of hydrogen-bond acceptors (Lipinski definition) is 8. The SMILES string of the molecule is COc1ccc(CCC(=O)NCCCN(CCCCNCCC#N)C(=O)CCc2ccc(OC)c(OC)c2)cc1OC. The third-order valence-corrected chi connectivity index (χ3v) is 6.89. The first-order valence-electron chi connectivity index (χ1n) is 14.5. The lowest BCUT2D eigenvalue weighted by molar-refractivity contribution is -0.131. The summed E-state index contributed by atoms with van der Waals surface area (Å²) in [6, 6.07) is 13.5. The van der Waals surface area contributed by atoms with Crippen molar-refractivity contribution in [3.63, 3.8) is 0 Å². The number of nitriles is 1. The van der Waals surface area contributed by atoms with Crippen molar-refractivity contribution in [2.24, 2.45) is 0 Å². The van der Waals surface area contributed by atoms with E-state index in [0.717, 1.165) is 30.5 Å². The number of hydrogen-bond donors (Lipinski definition) is 2. The molecule has 0 aliphatic rings. The first-order valence-corrected chi connectivity index (χ1v) is 14.5. The van der Waals surface area contributed by atoms with Gasteiger partial charge < -0.3 is 34.5 Å². The summed E-state index contributed by atoms with van der Waals surface area (Å²) in [5.41, 5.74) is 2.00.